The first-order chi connectivity index (χ1) is 14.1. The first kappa shape index (κ1) is 19.2. The molecule has 0 aliphatic carbocycles. The van der Waals surface area contributed by atoms with E-state index in [4.69, 9.17) is 5.10 Å². The molecule has 3 aliphatic rings. The van der Waals surface area contributed by atoms with Crippen LogP contribution in [0.25, 0.3) is 5.65 Å². The van der Waals surface area contributed by atoms with Crippen LogP contribution in [-0.4, -0.2) is 89.0 Å². The Morgan fingerprint density at radius 2 is 1.72 bits per heavy atom. The number of aromatic nitrogens is 4. The Morgan fingerprint density at radius 1 is 0.931 bits per heavy atom. The van der Waals surface area contributed by atoms with Gasteiger partial charge in [-0.2, -0.15) is 4.52 Å². The van der Waals surface area contributed by atoms with Crippen molar-refractivity contribution in [3.63, 3.8) is 0 Å². The van der Waals surface area contributed by atoms with Gasteiger partial charge in [-0.25, -0.2) is 12.7 Å². The van der Waals surface area contributed by atoms with Crippen molar-refractivity contribution in [1.29, 1.82) is 0 Å². The largest absolute Gasteiger partial charge is 0.355 e. The standard InChI is InChI=1S/C19H29N7O2S/c27-29(28)15-3-10-25(29)14-13-23-11-6-16(7-12-23)19-21-20-17-4-5-18(22-26(17)19)24-8-1-2-9-24/h4-5,16H,1-3,6-15H2. The van der Waals surface area contributed by atoms with Gasteiger partial charge in [0.2, 0.25) is 10.0 Å². The van der Waals surface area contributed by atoms with Crippen LogP contribution in [0.15, 0.2) is 12.1 Å². The van der Waals surface area contributed by atoms with E-state index in [1.54, 1.807) is 4.31 Å². The number of likely N-dealkylation sites (tertiary alicyclic amines) is 1. The predicted molar refractivity (Wildman–Crippen MR) is 111 cm³/mol. The van der Waals surface area contributed by atoms with Crippen LogP contribution >= 0.6 is 0 Å². The number of hydrogen-bond acceptors (Lipinski definition) is 7. The minimum absolute atomic E-state index is 0.307. The van der Waals surface area contributed by atoms with Gasteiger partial charge in [0.05, 0.1) is 5.75 Å². The van der Waals surface area contributed by atoms with Crippen molar-refractivity contribution in [3.05, 3.63) is 18.0 Å². The summed E-state index contributed by atoms with van der Waals surface area (Å²) in [5, 5.41) is 13.6. The second-order valence-corrected chi connectivity index (χ2v) is 10.5. The quantitative estimate of drug-likeness (QED) is 0.713. The van der Waals surface area contributed by atoms with E-state index >= 15 is 0 Å². The molecule has 3 aliphatic heterocycles. The van der Waals surface area contributed by atoms with E-state index in [0.717, 1.165) is 69.3 Å². The van der Waals surface area contributed by atoms with Crippen LogP contribution in [0.4, 0.5) is 5.82 Å². The Hall–Kier alpha value is -1.78. The summed E-state index contributed by atoms with van der Waals surface area (Å²) in [6, 6.07) is 4.07. The Balaban J connectivity index is 1.22. The molecule has 2 aromatic heterocycles. The summed E-state index contributed by atoms with van der Waals surface area (Å²) in [5.41, 5.74) is 0.810. The molecule has 0 N–H and O–H groups in total. The van der Waals surface area contributed by atoms with Crippen LogP contribution in [0.2, 0.25) is 0 Å². The number of sulfonamides is 1. The lowest BCUT2D eigenvalue weighted by Crippen LogP contribution is -2.40. The van der Waals surface area contributed by atoms with Gasteiger partial charge in [-0.05, 0) is 57.3 Å². The predicted octanol–water partition coefficient (Wildman–Crippen LogP) is 0.939. The average Bonchev–Trinajstić information content (AvgIpc) is 3.46. The molecule has 0 aromatic carbocycles. The van der Waals surface area contributed by atoms with Crippen LogP contribution < -0.4 is 4.90 Å². The third kappa shape index (κ3) is 3.85. The van der Waals surface area contributed by atoms with Gasteiger partial charge in [0.25, 0.3) is 0 Å². The highest BCUT2D eigenvalue weighted by molar-refractivity contribution is 7.89. The molecule has 10 heteroatoms. The highest BCUT2D eigenvalue weighted by Gasteiger charge is 2.30. The Bertz CT molecular complexity index is 962. The molecule has 0 spiro atoms. The monoisotopic (exact) mass is 419 g/mol. The van der Waals surface area contributed by atoms with E-state index < -0.39 is 10.0 Å². The molecule has 0 unspecified atom stereocenters. The molecule has 0 amide bonds. The lowest BCUT2D eigenvalue weighted by atomic mass is 9.96. The van der Waals surface area contributed by atoms with Crippen molar-refractivity contribution in [2.24, 2.45) is 0 Å². The maximum atomic E-state index is 12.0. The highest BCUT2D eigenvalue weighted by atomic mass is 32.2. The molecule has 2 aromatic rings. The number of nitrogens with zero attached hydrogens (tertiary/aromatic N) is 7. The van der Waals surface area contributed by atoms with Crippen molar-refractivity contribution in [1.82, 2.24) is 29.0 Å². The molecule has 3 saturated heterocycles. The fourth-order valence-corrected chi connectivity index (χ4v) is 6.29. The van der Waals surface area contributed by atoms with E-state index in [1.165, 1.54) is 12.8 Å². The van der Waals surface area contributed by atoms with E-state index in [1.807, 2.05) is 16.6 Å². The van der Waals surface area contributed by atoms with E-state index in [-0.39, 0.29) is 0 Å². The molecule has 9 nitrogen and oxygen atoms in total. The summed E-state index contributed by atoms with van der Waals surface area (Å²) in [5.74, 6) is 2.63. The lowest BCUT2D eigenvalue weighted by Gasteiger charge is -2.32. The van der Waals surface area contributed by atoms with Gasteiger partial charge in [0, 0.05) is 38.6 Å². The summed E-state index contributed by atoms with van der Waals surface area (Å²) in [4.78, 5) is 4.70. The van der Waals surface area contributed by atoms with Crippen LogP contribution in [0, 0.1) is 0 Å². The minimum Gasteiger partial charge on any atom is -0.355 e. The first-order valence-electron chi connectivity index (χ1n) is 10.8. The van der Waals surface area contributed by atoms with Crippen molar-refractivity contribution in [2.75, 3.05) is 56.5 Å². The number of anilines is 1. The fraction of sp³-hybridized carbons (Fsp3) is 0.737. The third-order valence-electron chi connectivity index (χ3n) is 6.52. The summed E-state index contributed by atoms with van der Waals surface area (Å²) >= 11 is 0. The molecule has 0 bridgehead atoms. The zero-order valence-electron chi connectivity index (χ0n) is 16.8. The molecule has 158 valence electrons. The lowest BCUT2D eigenvalue weighted by molar-refractivity contribution is 0.197. The maximum Gasteiger partial charge on any atom is 0.214 e. The fourth-order valence-electron chi connectivity index (χ4n) is 4.78. The number of fused-ring (bicyclic) bond motifs is 1. The first-order valence-corrected chi connectivity index (χ1v) is 12.4. The molecule has 0 atom stereocenters. The summed E-state index contributed by atoms with van der Waals surface area (Å²) in [7, 11) is -3.00. The van der Waals surface area contributed by atoms with Gasteiger partial charge in [-0.1, -0.05) is 0 Å². The number of rotatable bonds is 5. The van der Waals surface area contributed by atoms with E-state index in [9.17, 15) is 8.42 Å². The molecule has 5 heterocycles. The zero-order valence-corrected chi connectivity index (χ0v) is 17.6. The van der Waals surface area contributed by atoms with Crippen molar-refractivity contribution in [2.45, 2.75) is 38.0 Å². The Morgan fingerprint density at radius 3 is 2.45 bits per heavy atom. The Labute approximate surface area is 171 Å². The van der Waals surface area contributed by atoms with Gasteiger partial charge >= 0.3 is 0 Å². The second kappa shape index (κ2) is 7.81. The second-order valence-electron chi connectivity index (χ2n) is 8.40. The average molecular weight is 420 g/mol. The molecule has 29 heavy (non-hydrogen) atoms. The SMILES string of the molecule is O=S1(=O)CCCN1CCN1CCC(c2nnc3ccc(N4CCCC4)nn23)CC1. The zero-order chi connectivity index (χ0) is 19.8. The molecule has 5 rings (SSSR count). The molecular formula is C19H29N7O2S. The smallest absolute Gasteiger partial charge is 0.214 e. The molecule has 3 fully saturated rings. The van der Waals surface area contributed by atoms with Crippen LogP contribution in [0.3, 0.4) is 0 Å². The van der Waals surface area contributed by atoms with Gasteiger partial charge < -0.3 is 9.80 Å². The number of hydrogen-bond donors (Lipinski definition) is 0. The van der Waals surface area contributed by atoms with E-state index in [0.29, 0.717) is 24.8 Å². The minimum atomic E-state index is -3.00. The van der Waals surface area contributed by atoms with Crippen molar-refractivity contribution < 1.29 is 8.42 Å². The van der Waals surface area contributed by atoms with Gasteiger partial charge in [0.1, 0.15) is 5.82 Å². The van der Waals surface area contributed by atoms with Crippen LogP contribution in [-0.2, 0) is 10.0 Å². The van der Waals surface area contributed by atoms with Gasteiger partial charge in [-0.3, -0.25) is 0 Å². The molecule has 0 radical (unpaired) electrons. The van der Waals surface area contributed by atoms with Gasteiger partial charge in [0.15, 0.2) is 11.5 Å². The topological polar surface area (TPSA) is 86.9 Å². The number of piperidine rings is 1. The van der Waals surface area contributed by atoms with Crippen molar-refractivity contribution >= 4 is 21.5 Å². The summed E-state index contributed by atoms with van der Waals surface area (Å²) < 4.78 is 27.5. The van der Waals surface area contributed by atoms with Crippen molar-refractivity contribution in [3.8, 4) is 0 Å². The van der Waals surface area contributed by atoms with E-state index in [2.05, 4.69) is 20.0 Å². The Kier molecular flexibility index (Phi) is 5.17. The molecular weight excluding hydrogens is 390 g/mol. The van der Waals surface area contributed by atoms with Crippen LogP contribution in [0.5, 0.6) is 0 Å². The van der Waals surface area contributed by atoms with Crippen LogP contribution in [0.1, 0.15) is 43.8 Å². The summed E-state index contributed by atoms with van der Waals surface area (Å²) in [6.07, 6.45) is 5.22. The third-order valence-corrected chi connectivity index (χ3v) is 8.48. The molecule has 0 saturated carbocycles. The highest BCUT2D eigenvalue weighted by Crippen LogP contribution is 2.28. The maximum absolute atomic E-state index is 12.0. The normalized spacial score (nSPS) is 24.1. The summed E-state index contributed by atoms with van der Waals surface area (Å²) in [6.45, 7) is 6.15. The van der Waals surface area contributed by atoms with Gasteiger partial charge in [-0.15, -0.1) is 15.3 Å².